The molecule has 3 aromatic carbocycles. The summed E-state index contributed by atoms with van der Waals surface area (Å²) in [5, 5.41) is 12.2. The van der Waals surface area contributed by atoms with Crippen LogP contribution in [0.3, 0.4) is 0 Å². The van der Waals surface area contributed by atoms with Gasteiger partial charge in [-0.3, -0.25) is 0 Å². The molecule has 0 aliphatic rings. The number of esters is 1. The first kappa shape index (κ1) is 33.5. The SMILES string of the molecule is CC(c1cc(C(C)(C)C)cc(C(C)(C)C)c1O)c1cc(C(C)(C)C)cc(C(C)(C)C)c1OC(=O)c1ccc(Cl)c(N)c1. The average Bonchev–Trinajstić information content (AvgIpc) is 2.82. The number of nitrogens with two attached hydrogens (primary N) is 1. The van der Waals surface area contributed by atoms with E-state index in [1.807, 2.05) is 0 Å². The van der Waals surface area contributed by atoms with Gasteiger partial charge < -0.3 is 15.6 Å². The Morgan fingerprint density at radius 3 is 1.67 bits per heavy atom. The van der Waals surface area contributed by atoms with Crippen molar-refractivity contribution in [2.24, 2.45) is 0 Å². The zero-order valence-electron chi connectivity index (χ0n) is 27.8. The first-order chi connectivity index (χ1) is 18.9. The molecule has 0 saturated carbocycles. The second-order valence-corrected chi connectivity index (χ2v) is 16.2. The second kappa shape index (κ2) is 11.3. The molecule has 0 saturated heterocycles. The highest BCUT2D eigenvalue weighted by Crippen LogP contribution is 2.47. The molecule has 5 heteroatoms. The molecule has 228 valence electrons. The number of ether oxygens (including phenoxy) is 1. The van der Waals surface area contributed by atoms with Crippen LogP contribution in [0.2, 0.25) is 5.02 Å². The first-order valence-electron chi connectivity index (χ1n) is 14.8. The first-order valence-corrected chi connectivity index (χ1v) is 15.1. The van der Waals surface area contributed by atoms with E-state index in [0.29, 0.717) is 22.0 Å². The zero-order valence-corrected chi connectivity index (χ0v) is 28.6. The summed E-state index contributed by atoms with van der Waals surface area (Å²) >= 11 is 6.13. The van der Waals surface area contributed by atoms with Crippen LogP contribution >= 0.6 is 11.6 Å². The lowest BCUT2D eigenvalue weighted by molar-refractivity contribution is 0.0730. The molecule has 1 unspecified atom stereocenters. The normalized spacial score (nSPS) is 13.7. The fraction of sp³-hybridized carbons (Fsp3) is 0.486. The molecule has 3 N–H and O–H groups in total. The van der Waals surface area contributed by atoms with E-state index in [1.165, 1.54) is 0 Å². The third-order valence-electron chi connectivity index (χ3n) is 7.96. The minimum absolute atomic E-state index is 0.129. The van der Waals surface area contributed by atoms with Gasteiger partial charge in [-0.05, 0) is 56.5 Å². The summed E-state index contributed by atoms with van der Waals surface area (Å²) < 4.78 is 6.31. The molecule has 42 heavy (non-hydrogen) atoms. The Balaban J connectivity index is 2.39. The van der Waals surface area contributed by atoms with E-state index >= 15 is 0 Å². The van der Waals surface area contributed by atoms with E-state index in [0.717, 1.165) is 33.4 Å². The van der Waals surface area contributed by atoms with Gasteiger partial charge in [-0.1, -0.05) is 126 Å². The van der Waals surface area contributed by atoms with Gasteiger partial charge in [-0.2, -0.15) is 0 Å². The number of carbonyl (C=O) groups is 1. The predicted molar refractivity (Wildman–Crippen MR) is 178 cm³/mol. The van der Waals surface area contributed by atoms with Gasteiger partial charge in [0.1, 0.15) is 11.5 Å². The third kappa shape index (κ3) is 7.14. The van der Waals surface area contributed by atoms with E-state index in [4.69, 9.17) is 22.1 Å². The molecule has 3 rings (SSSR count). The molecular weight excluding hydrogens is 542 g/mol. The van der Waals surface area contributed by atoms with Gasteiger partial charge in [0.2, 0.25) is 0 Å². The number of rotatable bonds is 4. The molecule has 0 radical (unpaired) electrons. The number of carbonyl (C=O) groups excluding carboxylic acids is 1. The minimum Gasteiger partial charge on any atom is -0.507 e. The maximum Gasteiger partial charge on any atom is 0.343 e. The van der Waals surface area contributed by atoms with E-state index < -0.39 is 5.97 Å². The van der Waals surface area contributed by atoms with Crippen LogP contribution in [0.4, 0.5) is 5.69 Å². The van der Waals surface area contributed by atoms with Gasteiger partial charge in [0.05, 0.1) is 16.3 Å². The Bertz CT molecular complexity index is 1490. The minimum atomic E-state index is -0.510. The number of halogens is 1. The summed E-state index contributed by atoms with van der Waals surface area (Å²) in [5.74, 6) is 0.00220. The van der Waals surface area contributed by atoms with Crippen molar-refractivity contribution in [1.29, 1.82) is 0 Å². The Morgan fingerprint density at radius 1 is 0.738 bits per heavy atom. The van der Waals surface area contributed by atoms with Crippen molar-refractivity contribution in [3.8, 4) is 11.5 Å². The van der Waals surface area contributed by atoms with Crippen LogP contribution in [0.5, 0.6) is 11.5 Å². The number of phenols is 1. The van der Waals surface area contributed by atoms with Crippen molar-refractivity contribution in [3.05, 3.63) is 86.4 Å². The van der Waals surface area contributed by atoms with E-state index in [1.54, 1.807) is 18.2 Å². The largest absolute Gasteiger partial charge is 0.507 e. The second-order valence-electron chi connectivity index (χ2n) is 15.8. The van der Waals surface area contributed by atoms with Gasteiger partial charge in [0, 0.05) is 22.6 Å². The molecule has 0 aliphatic heterocycles. The highest BCUT2D eigenvalue weighted by atomic mass is 35.5. The van der Waals surface area contributed by atoms with Gasteiger partial charge in [-0.15, -0.1) is 0 Å². The summed E-state index contributed by atoms with van der Waals surface area (Å²) in [6.45, 7) is 27.9. The topological polar surface area (TPSA) is 72.5 Å². The van der Waals surface area contributed by atoms with Gasteiger partial charge in [-0.25, -0.2) is 4.79 Å². The van der Waals surface area contributed by atoms with Gasteiger partial charge in [0.25, 0.3) is 0 Å². The smallest absolute Gasteiger partial charge is 0.343 e. The van der Waals surface area contributed by atoms with Crippen molar-refractivity contribution >= 4 is 23.3 Å². The van der Waals surface area contributed by atoms with Crippen LogP contribution in [0, 0.1) is 0 Å². The lowest BCUT2D eigenvalue weighted by Crippen LogP contribution is -2.22. The van der Waals surface area contributed by atoms with Gasteiger partial charge >= 0.3 is 5.97 Å². The molecule has 0 aromatic heterocycles. The van der Waals surface area contributed by atoms with Crippen LogP contribution in [-0.2, 0) is 21.7 Å². The van der Waals surface area contributed by atoms with Crippen molar-refractivity contribution in [3.63, 3.8) is 0 Å². The van der Waals surface area contributed by atoms with Crippen LogP contribution < -0.4 is 10.5 Å². The maximum absolute atomic E-state index is 13.6. The Hall–Kier alpha value is -2.98. The Morgan fingerprint density at radius 2 is 1.21 bits per heavy atom. The van der Waals surface area contributed by atoms with Crippen LogP contribution in [0.1, 0.15) is 140 Å². The maximum atomic E-state index is 13.6. The zero-order chi connectivity index (χ0) is 32.2. The molecule has 0 spiro atoms. The summed E-state index contributed by atoms with van der Waals surface area (Å²) in [6.07, 6.45) is 0. The molecule has 0 fully saturated rings. The number of phenolic OH excluding ortho intramolecular Hbond substituents is 1. The van der Waals surface area contributed by atoms with Crippen molar-refractivity contribution in [2.45, 2.75) is 118 Å². The fourth-order valence-electron chi connectivity index (χ4n) is 5.06. The highest BCUT2D eigenvalue weighted by Gasteiger charge is 2.33. The molecule has 3 aromatic rings. The Kier molecular flexibility index (Phi) is 8.99. The third-order valence-corrected chi connectivity index (χ3v) is 8.31. The number of benzene rings is 3. The molecule has 0 amide bonds. The lowest BCUT2D eigenvalue weighted by atomic mass is 9.74. The monoisotopic (exact) mass is 591 g/mol. The Labute approximate surface area is 258 Å². The fourth-order valence-corrected chi connectivity index (χ4v) is 5.18. The molecular formula is C37H50ClNO3. The van der Waals surface area contributed by atoms with E-state index in [-0.39, 0.29) is 33.3 Å². The molecule has 0 bridgehead atoms. The van der Waals surface area contributed by atoms with Crippen molar-refractivity contribution in [2.75, 3.05) is 5.73 Å². The number of anilines is 1. The van der Waals surface area contributed by atoms with E-state index in [2.05, 4.69) is 114 Å². The quantitative estimate of drug-likeness (QED) is 0.180. The number of nitrogen functional groups attached to an aromatic ring is 1. The molecule has 1 atom stereocenters. The summed E-state index contributed by atoms with van der Waals surface area (Å²) in [7, 11) is 0. The van der Waals surface area contributed by atoms with Crippen LogP contribution in [0.15, 0.2) is 42.5 Å². The van der Waals surface area contributed by atoms with Crippen molar-refractivity contribution < 1.29 is 14.6 Å². The summed E-state index contributed by atoms with van der Waals surface area (Å²) in [5.41, 5.74) is 11.5. The van der Waals surface area contributed by atoms with Crippen molar-refractivity contribution in [1.82, 2.24) is 0 Å². The average molecular weight is 592 g/mol. The molecule has 0 heterocycles. The van der Waals surface area contributed by atoms with Crippen LogP contribution in [0.25, 0.3) is 0 Å². The standard InChI is InChI=1S/C37H50ClNO3/c1-21(25-17-23(34(2,3)4)19-27(31(25)40)36(8,9)10)26-18-24(35(5,6)7)20-28(37(11,12)13)32(26)42-33(41)22-14-15-29(38)30(39)16-22/h14-21,40H,39H2,1-13H3. The lowest BCUT2D eigenvalue weighted by Gasteiger charge is -2.32. The van der Waals surface area contributed by atoms with E-state index in [9.17, 15) is 9.90 Å². The summed E-state index contributed by atoms with van der Waals surface area (Å²) in [6, 6.07) is 13.3. The number of hydrogen-bond acceptors (Lipinski definition) is 4. The molecule has 4 nitrogen and oxygen atoms in total. The number of hydrogen-bond donors (Lipinski definition) is 2. The van der Waals surface area contributed by atoms with Gasteiger partial charge in [0.15, 0.2) is 0 Å². The summed E-state index contributed by atoms with van der Waals surface area (Å²) in [4.78, 5) is 13.6. The van der Waals surface area contributed by atoms with Crippen LogP contribution in [-0.4, -0.2) is 11.1 Å². The highest BCUT2D eigenvalue weighted by molar-refractivity contribution is 6.33. The number of aromatic hydroxyl groups is 1. The molecule has 0 aliphatic carbocycles. The predicted octanol–water partition coefficient (Wildman–Crippen LogP) is 10.2.